The molecule has 5 rings (SSSR count). The number of phenolic OH excluding ortho intramolecular Hbond substituents is 1. The molecule has 1 aliphatic rings. The first-order valence-electron chi connectivity index (χ1n) is 10.0. The van der Waals surface area contributed by atoms with Crippen molar-refractivity contribution in [2.45, 2.75) is 13.1 Å². The second kappa shape index (κ2) is 7.85. The molecule has 0 spiro atoms. The summed E-state index contributed by atoms with van der Waals surface area (Å²) in [6.45, 7) is 4.53. The van der Waals surface area contributed by atoms with Crippen LogP contribution >= 0.6 is 11.3 Å². The van der Waals surface area contributed by atoms with E-state index in [-0.39, 0.29) is 11.3 Å². The van der Waals surface area contributed by atoms with E-state index >= 15 is 0 Å². The Morgan fingerprint density at radius 3 is 2.63 bits per heavy atom. The summed E-state index contributed by atoms with van der Waals surface area (Å²) in [7, 11) is 0. The molecule has 0 bridgehead atoms. The minimum Gasteiger partial charge on any atom is -0.507 e. The number of morpholine rings is 1. The van der Waals surface area contributed by atoms with E-state index in [0.29, 0.717) is 11.2 Å². The number of hydrogen-bond acceptors (Lipinski definition) is 6. The quantitative estimate of drug-likeness (QED) is 0.470. The molecule has 0 unspecified atom stereocenters. The third-order valence-corrected chi connectivity index (χ3v) is 6.77. The first-order chi connectivity index (χ1) is 14.6. The summed E-state index contributed by atoms with van der Waals surface area (Å²) < 4.78 is 6.13. The largest absolute Gasteiger partial charge is 0.507 e. The third-order valence-electron chi connectivity index (χ3n) is 5.65. The van der Waals surface area contributed by atoms with Crippen molar-refractivity contribution >= 4 is 32.3 Å². The van der Waals surface area contributed by atoms with Crippen LogP contribution in [0.15, 0.2) is 47.3 Å². The number of pyridine rings is 1. The average molecular weight is 422 g/mol. The topological polar surface area (TPSA) is 91.6 Å². The zero-order valence-electron chi connectivity index (χ0n) is 16.5. The van der Waals surface area contributed by atoms with Gasteiger partial charge in [0.15, 0.2) is 0 Å². The first-order valence-corrected chi connectivity index (χ1v) is 10.9. The summed E-state index contributed by atoms with van der Waals surface area (Å²) in [5.74, 6) is 0.192. The van der Waals surface area contributed by atoms with Crippen LogP contribution in [0.5, 0.6) is 5.75 Å². The number of nitrogens with one attached hydrogen (secondary N) is 1. The lowest BCUT2D eigenvalue weighted by atomic mass is 9.96. The minimum absolute atomic E-state index is 0.0918. The Hall–Kier alpha value is -2.71. The molecule has 4 aromatic rings. The van der Waals surface area contributed by atoms with Gasteiger partial charge in [0.25, 0.3) is 5.56 Å². The molecular weight excluding hydrogens is 398 g/mol. The lowest BCUT2D eigenvalue weighted by Gasteiger charge is -2.25. The van der Waals surface area contributed by atoms with Crippen LogP contribution in [0, 0.1) is 0 Å². The molecule has 0 atom stereocenters. The number of ether oxygens (including phenoxy) is 1. The van der Waals surface area contributed by atoms with Crippen molar-refractivity contribution < 1.29 is 9.84 Å². The molecule has 2 aromatic carbocycles. The van der Waals surface area contributed by atoms with Crippen molar-refractivity contribution in [3.05, 3.63) is 63.3 Å². The van der Waals surface area contributed by atoms with Gasteiger partial charge >= 0.3 is 0 Å². The summed E-state index contributed by atoms with van der Waals surface area (Å²) >= 11 is 1.52. The second-order valence-corrected chi connectivity index (χ2v) is 8.72. The van der Waals surface area contributed by atoms with Gasteiger partial charge in [-0.1, -0.05) is 24.3 Å². The van der Waals surface area contributed by atoms with Gasteiger partial charge in [0, 0.05) is 52.9 Å². The molecule has 0 radical (unpaired) electrons. The Bertz CT molecular complexity index is 1270. The Balaban J connectivity index is 1.70. The highest BCUT2D eigenvalue weighted by molar-refractivity contribution is 7.19. The Labute approximate surface area is 177 Å². The van der Waals surface area contributed by atoms with Crippen LogP contribution in [0.25, 0.3) is 32.1 Å². The molecule has 0 aliphatic carbocycles. The van der Waals surface area contributed by atoms with Crippen molar-refractivity contribution in [1.29, 1.82) is 0 Å². The molecule has 3 heterocycles. The van der Waals surface area contributed by atoms with Gasteiger partial charge in [0.05, 0.1) is 13.2 Å². The normalized spacial score (nSPS) is 15.2. The highest BCUT2D eigenvalue weighted by Gasteiger charge is 2.18. The SMILES string of the molecule is NCc1ccc(-c2c(O)ccc3[nH]c(=O)c4sc(CN5CCOCC5)cc4c23)cc1. The molecule has 1 aliphatic heterocycles. The van der Waals surface area contributed by atoms with Crippen LogP contribution in [0.4, 0.5) is 0 Å². The number of H-pyrrole nitrogens is 1. The Morgan fingerprint density at radius 1 is 1.13 bits per heavy atom. The predicted octanol–water partition coefficient (Wildman–Crippen LogP) is 3.41. The highest BCUT2D eigenvalue weighted by atomic mass is 32.1. The van der Waals surface area contributed by atoms with Gasteiger partial charge in [-0.3, -0.25) is 9.69 Å². The van der Waals surface area contributed by atoms with Crippen LogP contribution < -0.4 is 11.3 Å². The lowest BCUT2D eigenvalue weighted by Crippen LogP contribution is -2.35. The summed E-state index contributed by atoms with van der Waals surface area (Å²) in [5, 5.41) is 12.5. The third kappa shape index (κ3) is 3.40. The van der Waals surface area contributed by atoms with Crippen molar-refractivity contribution in [2.75, 3.05) is 26.3 Å². The summed E-state index contributed by atoms with van der Waals surface area (Å²) in [6, 6.07) is 13.4. The Kier molecular flexibility index (Phi) is 5.04. The number of nitrogens with two attached hydrogens (primary N) is 1. The van der Waals surface area contributed by atoms with Gasteiger partial charge in [0.2, 0.25) is 0 Å². The van der Waals surface area contributed by atoms with Crippen LogP contribution in [-0.2, 0) is 17.8 Å². The Morgan fingerprint density at radius 2 is 1.90 bits per heavy atom. The number of aromatic hydroxyl groups is 1. The fourth-order valence-electron chi connectivity index (χ4n) is 4.11. The van der Waals surface area contributed by atoms with Crippen LogP contribution in [-0.4, -0.2) is 41.3 Å². The van der Waals surface area contributed by atoms with E-state index in [1.165, 1.54) is 11.3 Å². The standard InChI is InChI=1S/C23H23N3O3S/c24-12-14-1-3-15(4-2-14)20-19(27)6-5-18-21(20)17-11-16(30-22(17)23(28)25-18)13-26-7-9-29-10-8-26/h1-6,11,27H,7-10,12-13,24H2,(H,25,28). The molecule has 154 valence electrons. The highest BCUT2D eigenvalue weighted by Crippen LogP contribution is 2.40. The van der Waals surface area contributed by atoms with E-state index < -0.39 is 0 Å². The smallest absolute Gasteiger partial charge is 0.266 e. The number of aromatic amines is 1. The molecule has 30 heavy (non-hydrogen) atoms. The van der Waals surface area contributed by atoms with E-state index in [1.54, 1.807) is 12.1 Å². The van der Waals surface area contributed by atoms with Gasteiger partial charge in [-0.2, -0.15) is 0 Å². The van der Waals surface area contributed by atoms with Gasteiger partial charge < -0.3 is 20.6 Å². The molecule has 1 saturated heterocycles. The molecule has 0 amide bonds. The molecule has 4 N–H and O–H groups in total. The van der Waals surface area contributed by atoms with Gasteiger partial charge in [-0.25, -0.2) is 0 Å². The average Bonchev–Trinajstić information content (AvgIpc) is 3.19. The zero-order chi connectivity index (χ0) is 20.7. The maximum absolute atomic E-state index is 12.8. The van der Waals surface area contributed by atoms with Crippen molar-refractivity contribution in [3.8, 4) is 16.9 Å². The van der Waals surface area contributed by atoms with Crippen molar-refractivity contribution in [3.63, 3.8) is 0 Å². The molecular formula is C23H23N3O3S. The number of benzene rings is 2. The van der Waals surface area contributed by atoms with Crippen molar-refractivity contribution in [1.82, 2.24) is 9.88 Å². The second-order valence-electron chi connectivity index (χ2n) is 7.58. The fraction of sp³-hybridized carbons (Fsp3) is 0.261. The molecule has 6 nitrogen and oxygen atoms in total. The summed E-state index contributed by atoms with van der Waals surface area (Å²) in [4.78, 5) is 19.2. The number of aromatic nitrogens is 1. The van der Waals surface area contributed by atoms with Gasteiger partial charge in [0.1, 0.15) is 10.4 Å². The zero-order valence-corrected chi connectivity index (χ0v) is 17.3. The number of rotatable bonds is 4. The fourth-order valence-corrected chi connectivity index (χ4v) is 5.21. The number of phenols is 1. The maximum atomic E-state index is 12.8. The van der Waals surface area contributed by atoms with Crippen LogP contribution in [0.1, 0.15) is 10.4 Å². The summed E-state index contributed by atoms with van der Waals surface area (Å²) in [5.41, 5.74) is 9.01. The lowest BCUT2D eigenvalue weighted by molar-refractivity contribution is 0.0346. The molecule has 1 fully saturated rings. The number of thiophene rings is 1. The van der Waals surface area contributed by atoms with E-state index in [0.717, 1.165) is 70.7 Å². The molecule has 7 heteroatoms. The van der Waals surface area contributed by atoms with Crippen LogP contribution in [0.3, 0.4) is 0 Å². The predicted molar refractivity (Wildman–Crippen MR) is 121 cm³/mol. The van der Waals surface area contributed by atoms with Gasteiger partial charge in [-0.05, 0) is 29.3 Å². The van der Waals surface area contributed by atoms with E-state index in [9.17, 15) is 9.90 Å². The van der Waals surface area contributed by atoms with E-state index in [4.69, 9.17) is 10.5 Å². The van der Waals surface area contributed by atoms with E-state index in [1.807, 2.05) is 24.3 Å². The number of nitrogens with zero attached hydrogens (tertiary/aromatic N) is 1. The van der Waals surface area contributed by atoms with E-state index in [2.05, 4.69) is 16.0 Å². The number of hydrogen-bond donors (Lipinski definition) is 3. The van der Waals surface area contributed by atoms with Crippen molar-refractivity contribution in [2.24, 2.45) is 5.73 Å². The number of fused-ring (bicyclic) bond motifs is 3. The minimum atomic E-state index is -0.0918. The first kappa shape index (κ1) is 19.3. The summed E-state index contributed by atoms with van der Waals surface area (Å²) in [6.07, 6.45) is 0. The molecule has 0 saturated carbocycles. The monoisotopic (exact) mass is 421 g/mol. The molecule has 2 aromatic heterocycles. The van der Waals surface area contributed by atoms with Gasteiger partial charge in [-0.15, -0.1) is 11.3 Å². The maximum Gasteiger partial charge on any atom is 0.266 e. The van der Waals surface area contributed by atoms with Crippen LogP contribution in [0.2, 0.25) is 0 Å².